The van der Waals surface area contributed by atoms with Gasteiger partial charge in [-0.15, -0.1) is 11.3 Å². The lowest BCUT2D eigenvalue weighted by Gasteiger charge is -2.36. The van der Waals surface area contributed by atoms with Gasteiger partial charge in [-0.3, -0.25) is 0 Å². The van der Waals surface area contributed by atoms with Gasteiger partial charge in [-0.2, -0.15) is 0 Å². The van der Waals surface area contributed by atoms with Gasteiger partial charge in [0.1, 0.15) is 14.4 Å². The average Bonchev–Trinajstić information content (AvgIpc) is 3.14. The van der Waals surface area contributed by atoms with Crippen LogP contribution in [0.25, 0.3) is 32.2 Å². The smallest absolute Gasteiger partial charge is 0.116 e. The third kappa shape index (κ3) is 5.71. The Hall–Kier alpha value is -2.04. The molecular formula is C33H46N2SSi. The predicted molar refractivity (Wildman–Crippen MR) is 168 cm³/mol. The van der Waals surface area contributed by atoms with E-state index in [-0.39, 0.29) is 0 Å². The highest BCUT2D eigenvalue weighted by atomic mass is 32.1. The van der Waals surface area contributed by atoms with Gasteiger partial charge in [-0.1, -0.05) is 97.3 Å². The van der Waals surface area contributed by atoms with Gasteiger partial charge < -0.3 is 0 Å². The molecule has 0 amide bonds. The van der Waals surface area contributed by atoms with E-state index in [1.807, 2.05) is 11.3 Å². The highest BCUT2D eigenvalue weighted by molar-refractivity contribution is 7.32. The molecule has 198 valence electrons. The van der Waals surface area contributed by atoms with Crippen molar-refractivity contribution in [2.24, 2.45) is 17.8 Å². The molecule has 0 saturated heterocycles. The third-order valence-electron chi connectivity index (χ3n) is 7.62. The molecular weight excluding hydrogens is 485 g/mol. The van der Waals surface area contributed by atoms with Crippen molar-refractivity contribution in [3.63, 3.8) is 0 Å². The summed E-state index contributed by atoms with van der Waals surface area (Å²) < 4.78 is 2.96. The SMILES string of the molecule is Cc1ccc2c(C(C)C)cc(-c3ncnc4c(C)c([Si](CC(C)C)(CC(C)C)CC(C)C)sc34)cc2c1. The number of thiophene rings is 1. The van der Waals surface area contributed by atoms with Gasteiger partial charge >= 0.3 is 0 Å². The van der Waals surface area contributed by atoms with E-state index in [2.05, 4.69) is 99.6 Å². The number of rotatable bonds is 9. The minimum atomic E-state index is -1.74. The fourth-order valence-corrected chi connectivity index (χ4v) is 16.3. The summed E-state index contributed by atoms with van der Waals surface area (Å²) >= 11 is 2.04. The molecule has 0 spiro atoms. The van der Waals surface area contributed by atoms with Crippen molar-refractivity contribution in [2.45, 2.75) is 93.3 Å². The van der Waals surface area contributed by atoms with Crippen LogP contribution in [0.15, 0.2) is 36.7 Å². The number of nitrogens with zero attached hydrogens (tertiary/aromatic N) is 2. The largest absolute Gasteiger partial charge is 0.235 e. The van der Waals surface area contributed by atoms with Crippen molar-refractivity contribution in [1.29, 1.82) is 0 Å². The zero-order chi connectivity index (χ0) is 27.1. The Kier molecular flexibility index (Phi) is 8.30. The van der Waals surface area contributed by atoms with Crippen molar-refractivity contribution in [3.05, 3.63) is 53.3 Å². The van der Waals surface area contributed by atoms with Gasteiger partial charge in [0.2, 0.25) is 0 Å². The fraction of sp³-hybridized carbons (Fsp3) is 0.515. The van der Waals surface area contributed by atoms with Gasteiger partial charge in [0.05, 0.1) is 15.9 Å². The number of fused-ring (bicyclic) bond motifs is 2. The third-order valence-corrected chi connectivity index (χ3v) is 16.5. The van der Waals surface area contributed by atoms with Crippen molar-refractivity contribution >= 4 is 44.9 Å². The Bertz CT molecular complexity index is 1370. The summed E-state index contributed by atoms with van der Waals surface area (Å²) in [6.45, 7) is 23.6. The van der Waals surface area contributed by atoms with E-state index in [1.54, 1.807) is 10.8 Å². The van der Waals surface area contributed by atoms with Crippen LogP contribution in [0.4, 0.5) is 0 Å². The highest BCUT2D eigenvalue weighted by Crippen LogP contribution is 2.40. The van der Waals surface area contributed by atoms with Crippen LogP contribution in [0.5, 0.6) is 0 Å². The van der Waals surface area contributed by atoms with Gasteiger partial charge in [0.15, 0.2) is 0 Å². The highest BCUT2D eigenvalue weighted by Gasteiger charge is 2.40. The van der Waals surface area contributed by atoms with Gasteiger partial charge in [0.25, 0.3) is 0 Å². The molecule has 4 rings (SSSR count). The molecule has 0 unspecified atom stereocenters. The first kappa shape index (κ1) is 28.0. The molecule has 37 heavy (non-hydrogen) atoms. The Morgan fingerprint density at radius 3 is 1.97 bits per heavy atom. The maximum atomic E-state index is 4.94. The van der Waals surface area contributed by atoms with E-state index in [9.17, 15) is 0 Å². The summed E-state index contributed by atoms with van der Waals surface area (Å²) in [6, 6.07) is 15.6. The number of aromatic nitrogens is 2. The van der Waals surface area contributed by atoms with Crippen LogP contribution >= 0.6 is 11.3 Å². The lowest BCUT2D eigenvalue weighted by Crippen LogP contribution is -2.50. The Morgan fingerprint density at radius 2 is 1.41 bits per heavy atom. The summed E-state index contributed by atoms with van der Waals surface area (Å²) in [7, 11) is -1.74. The molecule has 2 heterocycles. The maximum Gasteiger partial charge on any atom is 0.116 e. The maximum absolute atomic E-state index is 4.94. The van der Waals surface area contributed by atoms with E-state index in [1.165, 1.54) is 61.4 Å². The van der Waals surface area contributed by atoms with Crippen molar-refractivity contribution in [2.75, 3.05) is 0 Å². The first-order chi connectivity index (χ1) is 17.4. The molecule has 4 aromatic rings. The molecule has 2 nitrogen and oxygen atoms in total. The molecule has 0 atom stereocenters. The number of aryl methyl sites for hydroxylation is 2. The molecule has 0 radical (unpaired) electrons. The second-order valence-electron chi connectivity index (χ2n) is 13.0. The molecule has 2 aromatic carbocycles. The first-order valence-electron chi connectivity index (χ1n) is 14.2. The van der Waals surface area contributed by atoms with Crippen molar-refractivity contribution < 1.29 is 0 Å². The molecule has 2 aromatic heterocycles. The van der Waals surface area contributed by atoms with Crippen LogP contribution in [0.2, 0.25) is 18.1 Å². The first-order valence-corrected chi connectivity index (χ1v) is 17.6. The van der Waals surface area contributed by atoms with Gasteiger partial charge in [-0.25, -0.2) is 9.97 Å². The standard InChI is InChI=1S/C33H46N2SSi/c1-20(2)16-37(17-21(3)4,18-22(5)6)33-25(10)30-32(36-33)31(35-19-34-30)27-14-26-13-24(9)11-12-28(26)29(15-27)23(7)8/h11-15,19-23H,16-18H2,1-10H3. The monoisotopic (exact) mass is 530 g/mol. The summed E-state index contributed by atoms with van der Waals surface area (Å²) in [5.41, 5.74) is 7.64. The van der Waals surface area contributed by atoms with E-state index >= 15 is 0 Å². The molecule has 0 fully saturated rings. The van der Waals surface area contributed by atoms with Crippen LogP contribution < -0.4 is 4.50 Å². The lowest BCUT2D eigenvalue weighted by molar-refractivity contribution is 0.650. The minimum absolute atomic E-state index is 0.450. The van der Waals surface area contributed by atoms with Gasteiger partial charge in [-0.05, 0) is 76.1 Å². The number of hydrogen-bond acceptors (Lipinski definition) is 3. The molecule has 0 N–H and O–H groups in total. The predicted octanol–water partition coefficient (Wildman–Crippen LogP) is 9.88. The zero-order valence-electron chi connectivity index (χ0n) is 24.7. The van der Waals surface area contributed by atoms with Crippen molar-refractivity contribution in [3.8, 4) is 11.3 Å². The summed E-state index contributed by atoms with van der Waals surface area (Å²) in [4.78, 5) is 9.83. The number of benzene rings is 2. The molecule has 0 aliphatic rings. The van der Waals surface area contributed by atoms with Crippen LogP contribution in [-0.4, -0.2) is 18.0 Å². The van der Waals surface area contributed by atoms with Gasteiger partial charge in [0, 0.05) is 5.56 Å². The lowest BCUT2D eigenvalue weighted by atomic mass is 9.92. The summed E-state index contributed by atoms with van der Waals surface area (Å²) in [5, 5.41) is 2.67. The Balaban J connectivity index is 1.99. The van der Waals surface area contributed by atoms with Crippen LogP contribution in [-0.2, 0) is 0 Å². The van der Waals surface area contributed by atoms with Crippen LogP contribution in [0.3, 0.4) is 0 Å². The molecule has 0 saturated carbocycles. The Morgan fingerprint density at radius 1 is 0.784 bits per heavy atom. The fourth-order valence-electron chi connectivity index (χ4n) is 6.74. The molecule has 0 aliphatic heterocycles. The zero-order valence-corrected chi connectivity index (χ0v) is 26.5. The van der Waals surface area contributed by atoms with E-state index in [4.69, 9.17) is 9.97 Å². The number of hydrogen-bond donors (Lipinski definition) is 0. The quantitative estimate of drug-likeness (QED) is 0.201. The summed E-state index contributed by atoms with van der Waals surface area (Å²) in [6.07, 6.45) is 1.80. The molecule has 0 aliphatic carbocycles. The Labute approximate surface area is 230 Å². The van der Waals surface area contributed by atoms with Crippen LogP contribution in [0.1, 0.15) is 78.0 Å². The van der Waals surface area contributed by atoms with E-state index in [0.717, 1.165) is 5.69 Å². The average molecular weight is 531 g/mol. The molecule has 4 heteroatoms. The molecule has 0 bridgehead atoms. The second-order valence-corrected chi connectivity index (χ2v) is 18.6. The normalized spacial score (nSPS) is 12.8. The minimum Gasteiger partial charge on any atom is -0.235 e. The van der Waals surface area contributed by atoms with Crippen LogP contribution in [0, 0.1) is 31.6 Å². The van der Waals surface area contributed by atoms with E-state index < -0.39 is 8.07 Å². The topological polar surface area (TPSA) is 25.8 Å². The second kappa shape index (κ2) is 11.0. The van der Waals surface area contributed by atoms with Crippen molar-refractivity contribution in [1.82, 2.24) is 9.97 Å². The summed E-state index contributed by atoms with van der Waals surface area (Å²) in [5.74, 6) is 2.57. The van der Waals surface area contributed by atoms with E-state index in [0.29, 0.717) is 23.7 Å².